The van der Waals surface area contributed by atoms with E-state index in [2.05, 4.69) is 0 Å². The Kier molecular flexibility index (Phi) is 6.63. The van der Waals surface area contributed by atoms with Crippen molar-refractivity contribution in [1.29, 1.82) is 0 Å². The summed E-state index contributed by atoms with van der Waals surface area (Å²) in [5, 5.41) is 0. The highest BCUT2D eigenvalue weighted by atomic mass is 16.5. The molecule has 0 saturated heterocycles. The van der Waals surface area contributed by atoms with Crippen molar-refractivity contribution >= 4 is 11.9 Å². The maximum atomic E-state index is 12.3. The van der Waals surface area contributed by atoms with E-state index in [1.807, 2.05) is 12.1 Å². The molecular formula is C19H26O4. The van der Waals surface area contributed by atoms with Crippen LogP contribution in [0, 0.1) is 0 Å². The molecule has 0 atom stereocenters. The SMILES string of the molecule is COC(=O)c1c2ccc(c1C(=O)OC)CCCCCCCCC2. The third-order valence-corrected chi connectivity index (χ3v) is 4.55. The van der Waals surface area contributed by atoms with Crippen LogP contribution in [0.25, 0.3) is 0 Å². The average molecular weight is 318 g/mol. The number of benzene rings is 1. The first-order valence-corrected chi connectivity index (χ1v) is 8.50. The van der Waals surface area contributed by atoms with Crippen molar-refractivity contribution in [2.24, 2.45) is 0 Å². The Labute approximate surface area is 138 Å². The Bertz CT molecular complexity index is 514. The molecule has 2 aliphatic carbocycles. The minimum absolute atomic E-state index is 0.399. The summed E-state index contributed by atoms with van der Waals surface area (Å²) in [5.41, 5.74) is 2.58. The van der Waals surface area contributed by atoms with Crippen LogP contribution in [0.2, 0.25) is 0 Å². The largest absolute Gasteiger partial charge is 0.465 e. The van der Waals surface area contributed by atoms with Gasteiger partial charge in [0.1, 0.15) is 0 Å². The predicted octanol–water partition coefficient (Wildman–Crippen LogP) is 4.09. The van der Waals surface area contributed by atoms with E-state index in [4.69, 9.17) is 9.47 Å². The Morgan fingerprint density at radius 1 is 0.696 bits per heavy atom. The molecule has 0 amide bonds. The molecule has 0 fully saturated rings. The van der Waals surface area contributed by atoms with Crippen molar-refractivity contribution in [3.05, 3.63) is 34.4 Å². The van der Waals surface area contributed by atoms with Gasteiger partial charge in [-0.1, -0.05) is 44.2 Å². The number of hydrogen-bond acceptors (Lipinski definition) is 4. The van der Waals surface area contributed by atoms with E-state index >= 15 is 0 Å². The molecule has 4 nitrogen and oxygen atoms in total. The Morgan fingerprint density at radius 3 is 1.39 bits per heavy atom. The van der Waals surface area contributed by atoms with Gasteiger partial charge in [-0.25, -0.2) is 9.59 Å². The molecule has 0 spiro atoms. The standard InChI is InChI=1S/C19H26O4/c1-22-18(20)16-14-10-8-6-4-3-5-7-9-11-15(13-12-14)17(16)19(21)23-2/h12-13H,3-11H2,1-2H3. The number of methoxy groups -OCH3 is 2. The second kappa shape index (κ2) is 8.70. The van der Waals surface area contributed by atoms with Gasteiger partial charge in [-0.15, -0.1) is 0 Å². The molecule has 0 saturated carbocycles. The van der Waals surface area contributed by atoms with Crippen molar-refractivity contribution in [3.8, 4) is 0 Å². The molecule has 0 radical (unpaired) electrons. The zero-order valence-electron chi connectivity index (χ0n) is 14.2. The molecule has 1 aromatic rings. The lowest BCUT2D eigenvalue weighted by Crippen LogP contribution is -2.17. The third-order valence-electron chi connectivity index (χ3n) is 4.55. The summed E-state index contributed by atoms with van der Waals surface area (Å²) in [6, 6.07) is 3.96. The number of carbonyl (C=O) groups excluding carboxylic acids is 2. The fourth-order valence-electron chi connectivity index (χ4n) is 3.29. The highest BCUT2D eigenvalue weighted by molar-refractivity contribution is 6.05. The van der Waals surface area contributed by atoms with Crippen molar-refractivity contribution in [3.63, 3.8) is 0 Å². The first kappa shape index (κ1) is 17.5. The Balaban J connectivity index is 2.51. The maximum absolute atomic E-state index is 12.3. The van der Waals surface area contributed by atoms with Crippen LogP contribution in [-0.2, 0) is 22.3 Å². The second-order valence-corrected chi connectivity index (χ2v) is 6.09. The van der Waals surface area contributed by atoms with Gasteiger partial charge < -0.3 is 9.47 Å². The molecular weight excluding hydrogens is 292 g/mol. The Hall–Kier alpha value is -1.84. The molecule has 126 valence electrons. The molecule has 0 aromatic heterocycles. The summed E-state index contributed by atoms with van der Waals surface area (Å²) >= 11 is 0. The summed E-state index contributed by atoms with van der Waals surface area (Å²) in [4.78, 5) is 24.6. The van der Waals surface area contributed by atoms with Crippen LogP contribution in [-0.4, -0.2) is 26.2 Å². The molecule has 23 heavy (non-hydrogen) atoms. The van der Waals surface area contributed by atoms with Gasteiger partial charge in [0.2, 0.25) is 0 Å². The molecule has 3 rings (SSSR count). The van der Waals surface area contributed by atoms with Crippen LogP contribution < -0.4 is 0 Å². The first-order chi connectivity index (χ1) is 11.2. The normalized spacial score (nSPS) is 15.9. The number of hydrogen-bond donors (Lipinski definition) is 0. The van der Waals surface area contributed by atoms with Crippen LogP contribution in [0.4, 0.5) is 0 Å². The topological polar surface area (TPSA) is 52.6 Å². The Morgan fingerprint density at radius 2 is 1.04 bits per heavy atom. The molecule has 0 aliphatic heterocycles. The smallest absolute Gasteiger partial charge is 0.339 e. The minimum atomic E-state index is -0.447. The van der Waals surface area contributed by atoms with Gasteiger partial charge in [-0.2, -0.15) is 0 Å². The molecule has 4 heteroatoms. The third kappa shape index (κ3) is 4.34. The van der Waals surface area contributed by atoms with Gasteiger partial charge >= 0.3 is 11.9 Å². The van der Waals surface area contributed by atoms with Gasteiger partial charge in [-0.05, 0) is 36.8 Å². The first-order valence-electron chi connectivity index (χ1n) is 8.50. The molecule has 1 aromatic carbocycles. The highest BCUT2D eigenvalue weighted by Crippen LogP contribution is 2.26. The number of carbonyl (C=O) groups is 2. The summed E-state index contributed by atoms with van der Waals surface area (Å²) < 4.78 is 9.89. The summed E-state index contributed by atoms with van der Waals surface area (Å²) in [7, 11) is 2.71. The van der Waals surface area contributed by atoms with Crippen LogP contribution in [0.15, 0.2) is 12.1 Å². The number of esters is 2. The minimum Gasteiger partial charge on any atom is -0.465 e. The molecule has 0 unspecified atom stereocenters. The van der Waals surface area contributed by atoms with Crippen LogP contribution >= 0.6 is 0 Å². The van der Waals surface area contributed by atoms with Crippen LogP contribution in [0.3, 0.4) is 0 Å². The fraction of sp³-hybridized carbons (Fsp3) is 0.579. The van der Waals surface area contributed by atoms with E-state index in [0.29, 0.717) is 11.1 Å². The predicted molar refractivity (Wildman–Crippen MR) is 88.8 cm³/mol. The van der Waals surface area contributed by atoms with Gasteiger partial charge in [0.05, 0.1) is 25.3 Å². The van der Waals surface area contributed by atoms with E-state index in [1.165, 1.54) is 33.5 Å². The van der Waals surface area contributed by atoms with Gasteiger partial charge in [-0.3, -0.25) is 0 Å². The van der Waals surface area contributed by atoms with Gasteiger partial charge in [0, 0.05) is 0 Å². The number of ether oxygens (including phenoxy) is 2. The van der Waals surface area contributed by atoms with E-state index in [1.54, 1.807) is 0 Å². The average Bonchev–Trinajstić information content (AvgIpc) is 2.61. The van der Waals surface area contributed by atoms with E-state index in [9.17, 15) is 9.59 Å². The maximum Gasteiger partial charge on any atom is 0.339 e. The molecule has 2 bridgehead atoms. The van der Waals surface area contributed by atoms with Crippen molar-refractivity contribution < 1.29 is 19.1 Å². The van der Waals surface area contributed by atoms with Crippen LogP contribution in [0.5, 0.6) is 0 Å². The van der Waals surface area contributed by atoms with Crippen molar-refractivity contribution in [2.75, 3.05) is 14.2 Å². The highest BCUT2D eigenvalue weighted by Gasteiger charge is 2.25. The molecule has 0 heterocycles. The lowest BCUT2D eigenvalue weighted by molar-refractivity contribution is 0.0553. The summed E-state index contributed by atoms with van der Waals surface area (Å²) in [5.74, 6) is -0.894. The zero-order valence-corrected chi connectivity index (χ0v) is 14.2. The van der Waals surface area contributed by atoms with E-state index in [-0.39, 0.29) is 0 Å². The number of aryl methyl sites for hydroxylation is 2. The lowest BCUT2D eigenvalue weighted by Gasteiger charge is -2.16. The van der Waals surface area contributed by atoms with Crippen molar-refractivity contribution in [1.82, 2.24) is 0 Å². The molecule has 2 aliphatic rings. The fourth-order valence-corrected chi connectivity index (χ4v) is 3.29. The second-order valence-electron chi connectivity index (χ2n) is 6.09. The number of rotatable bonds is 2. The van der Waals surface area contributed by atoms with Gasteiger partial charge in [0.15, 0.2) is 0 Å². The summed E-state index contributed by atoms with van der Waals surface area (Å²) in [6.45, 7) is 0. The number of fused-ring (bicyclic) bond motifs is 10. The lowest BCUT2D eigenvalue weighted by atomic mass is 9.91. The van der Waals surface area contributed by atoms with Crippen molar-refractivity contribution in [2.45, 2.75) is 57.8 Å². The summed E-state index contributed by atoms with van der Waals surface area (Å²) in [6.07, 6.45) is 9.63. The van der Waals surface area contributed by atoms with Gasteiger partial charge in [0.25, 0.3) is 0 Å². The van der Waals surface area contributed by atoms with E-state index in [0.717, 1.165) is 49.7 Å². The quantitative estimate of drug-likeness (QED) is 0.771. The van der Waals surface area contributed by atoms with Crippen LogP contribution in [0.1, 0.15) is 76.8 Å². The monoisotopic (exact) mass is 318 g/mol. The molecule has 0 N–H and O–H groups in total. The van der Waals surface area contributed by atoms with E-state index < -0.39 is 11.9 Å². The zero-order chi connectivity index (χ0) is 16.7.